The number of hydrogen-bond donors (Lipinski definition) is 0. The van der Waals surface area contributed by atoms with Crippen molar-refractivity contribution in [2.75, 3.05) is 34.5 Å². The van der Waals surface area contributed by atoms with Crippen LogP contribution in [0.15, 0.2) is 63.5 Å². The molecule has 0 aliphatic carbocycles. The number of thiazole rings is 1. The molecule has 0 saturated carbocycles. The molecule has 1 aromatic heterocycles. The maximum atomic E-state index is 13.9. The number of ether oxygens (including phenoxy) is 5. The average molecular weight is 553 g/mol. The Kier molecular flexibility index (Phi) is 8.88. The Morgan fingerprint density at radius 3 is 2.49 bits per heavy atom. The Morgan fingerprint density at radius 2 is 1.79 bits per heavy atom. The molecule has 0 N–H and O–H groups in total. The first kappa shape index (κ1) is 28.1. The van der Waals surface area contributed by atoms with Crippen LogP contribution in [-0.2, 0) is 14.3 Å². The van der Waals surface area contributed by atoms with Gasteiger partial charge in [0.25, 0.3) is 5.56 Å². The van der Waals surface area contributed by atoms with Gasteiger partial charge in [-0.3, -0.25) is 9.36 Å². The van der Waals surface area contributed by atoms with Gasteiger partial charge in [-0.15, -0.1) is 0 Å². The summed E-state index contributed by atoms with van der Waals surface area (Å²) >= 11 is 1.25. The Labute approximate surface area is 230 Å². The number of aromatic nitrogens is 1. The molecule has 0 spiro atoms. The number of rotatable bonds is 10. The largest absolute Gasteiger partial charge is 0.496 e. The van der Waals surface area contributed by atoms with Crippen LogP contribution in [-0.4, -0.2) is 51.2 Å². The minimum atomic E-state index is -0.786. The molecule has 9 nitrogen and oxygen atoms in total. The van der Waals surface area contributed by atoms with E-state index < -0.39 is 12.0 Å². The van der Waals surface area contributed by atoms with E-state index >= 15 is 0 Å². The maximum Gasteiger partial charge on any atom is 0.338 e. The van der Waals surface area contributed by atoms with Crippen LogP contribution in [0.25, 0.3) is 6.08 Å². The van der Waals surface area contributed by atoms with Crippen molar-refractivity contribution in [2.45, 2.75) is 32.9 Å². The van der Waals surface area contributed by atoms with Gasteiger partial charge in [0.2, 0.25) is 0 Å². The van der Waals surface area contributed by atoms with Gasteiger partial charge in [-0.25, -0.2) is 9.79 Å². The van der Waals surface area contributed by atoms with Crippen LogP contribution in [0.3, 0.4) is 0 Å². The number of para-hydroxylation sites is 1. The summed E-state index contributed by atoms with van der Waals surface area (Å²) in [7, 11) is 4.65. The molecule has 0 saturated heterocycles. The molecular formula is C29H32N2O7S. The monoisotopic (exact) mass is 552 g/mol. The second-order valence-corrected chi connectivity index (χ2v) is 10.0. The van der Waals surface area contributed by atoms with Crippen LogP contribution >= 0.6 is 11.3 Å². The van der Waals surface area contributed by atoms with E-state index in [0.29, 0.717) is 37.8 Å². The molecule has 10 heteroatoms. The summed E-state index contributed by atoms with van der Waals surface area (Å²) in [6.07, 6.45) is 1.77. The molecule has 0 fully saturated rings. The normalized spacial score (nSPS) is 15.2. The maximum absolute atomic E-state index is 13.9. The van der Waals surface area contributed by atoms with Gasteiger partial charge >= 0.3 is 5.97 Å². The lowest BCUT2D eigenvalue weighted by Gasteiger charge is -2.26. The number of esters is 1. The van der Waals surface area contributed by atoms with Gasteiger partial charge in [-0.05, 0) is 50.6 Å². The predicted octanol–water partition coefficient (Wildman–Crippen LogP) is 3.23. The van der Waals surface area contributed by atoms with Gasteiger partial charge in [0.15, 0.2) is 16.3 Å². The first-order chi connectivity index (χ1) is 18.8. The molecule has 3 aromatic rings. The summed E-state index contributed by atoms with van der Waals surface area (Å²) in [5, 5.41) is 0. The van der Waals surface area contributed by atoms with Gasteiger partial charge in [0.1, 0.15) is 18.4 Å². The molecule has 1 aliphatic heterocycles. The molecule has 0 bridgehead atoms. The SMILES string of the molecule is COCCOC(=O)C1=C(C)N=c2sc(=Cc3ccc(OC(C)C)c(OC)c3)c(=O)n2C1c1ccccc1OC. The third kappa shape index (κ3) is 5.91. The first-order valence-corrected chi connectivity index (χ1v) is 13.3. The Bertz CT molecular complexity index is 1570. The van der Waals surface area contributed by atoms with E-state index in [1.807, 2.05) is 50.2 Å². The van der Waals surface area contributed by atoms with Gasteiger partial charge in [0.05, 0.1) is 42.7 Å². The van der Waals surface area contributed by atoms with Crippen molar-refractivity contribution in [3.8, 4) is 17.2 Å². The summed E-state index contributed by atoms with van der Waals surface area (Å²) in [5.41, 5.74) is 1.87. The smallest absolute Gasteiger partial charge is 0.338 e. The molecule has 0 radical (unpaired) electrons. The summed E-state index contributed by atoms with van der Waals surface area (Å²) < 4.78 is 29.4. The molecule has 1 aliphatic rings. The Balaban J connectivity index is 1.87. The van der Waals surface area contributed by atoms with E-state index in [2.05, 4.69) is 4.99 Å². The summed E-state index contributed by atoms with van der Waals surface area (Å²) in [4.78, 5) is 32.3. The first-order valence-electron chi connectivity index (χ1n) is 12.4. The number of fused-ring (bicyclic) bond motifs is 1. The highest BCUT2D eigenvalue weighted by atomic mass is 32.1. The highest BCUT2D eigenvalue weighted by Crippen LogP contribution is 2.35. The zero-order valence-electron chi connectivity index (χ0n) is 22.8. The van der Waals surface area contributed by atoms with Crippen molar-refractivity contribution in [1.29, 1.82) is 0 Å². The van der Waals surface area contributed by atoms with E-state index in [1.54, 1.807) is 33.3 Å². The van der Waals surface area contributed by atoms with E-state index in [1.165, 1.54) is 23.0 Å². The third-order valence-electron chi connectivity index (χ3n) is 6.04. The van der Waals surface area contributed by atoms with Crippen molar-refractivity contribution in [3.63, 3.8) is 0 Å². The summed E-state index contributed by atoms with van der Waals surface area (Å²) in [6.45, 7) is 5.95. The summed E-state index contributed by atoms with van der Waals surface area (Å²) in [5.74, 6) is 1.16. The number of hydrogen-bond acceptors (Lipinski definition) is 9. The molecule has 1 unspecified atom stereocenters. The van der Waals surface area contributed by atoms with E-state index in [9.17, 15) is 9.59 Å². The molecular weight excluding hydrogens is 520 g/mol. The number of methoxy groups -OCH3 is 3. The molecule has 4 rings (SSSR count). The van der Waals surface area contributed by atoms with Gasteiger partial charge in [-0.2, -0.15) is 0 Å². The predicted molar refractivity (Wildman–Crippen MR) is 148 cm³/mol. The standard InChI is InChI=1S/C29H32N2O7S/c1-17(2)38-22-12-11-19(15-23(22)36-6)16-24-27(32)31-26(20-9-7-8-10-21(20)35-5)25(18(3)30-29(31)39-24)28(33)37-14-13-34-4/h7-12,15-17,26H,13-14H2,1-6H3. The third-order valence-corrected chi connectivity index (χ3v) is 7.03. The second-order valence-electron chi connectivity index (χ2n) is 9.03. The molecule has 0 amide bonds. The molecule has 2 aromatic carbocycles. The highest BCUT2D eigenvalue weighted by Gasteiger charge is 2.35. The molecule has 1 atom stereocenters. The van der Waals surface area contributed by atoms with Crippen LogP contribution in [0.5, 0.6) is 17.2 Å². The Hall–Kier alpha value is -3.89. The number of carbonyl (C=O) groups excluding carboxylic acids is 1. The van der Waals surface area contributed by atoms with Crippen molar-refractivity contribution >= 4 is 23.4 Å². The van der Waals surface area contributed by atoms with Gasteiger partial charge < -0.3 is 23.7 Å². The Morgan fingerprint density at radius 1 is 1.05 bits per heavy atom. The lowest BCUT2D eigenvalue weighted by atomic mass is 9.95. The van der Waals surface area contributed by atoms with Crippen molar-refractivity contribution in [2.24, 2.45) is 4.99 Å². The zero-order chi connectivity index (χ0) is 28.1. The number of allylic oxidation sites excluding steroid dienone is 1. The quantitative estimate of drug-likeness (QED) is 0.281. The van der Waals surface area contributed by atoms with Gasteiger partial charge in [-0.1, -0.05) is 35.6 Å². The fourth-order valence-corrected chi connectivity index (χ4v) is 5.39. The topological polar surface area (TPSA) is 97.6 Å². The minimum Gasteiger partial charge on any atom is -0.496 e. The van der Waals surface area contributed by atoms with Crippen LogP contribution in [0.4, 0.5) is 0 Å². The van der Waals surface area contributed by atoms with Crippen LogP contribution in [0.1, 0.15) is 37.9 Å². The molecule has 39 heavy (non-hydrogen) atoms. The lowest BCUT2D eigenvalue weighted by molar-refractivity contribution is -0.140. The average Bonchev–Trinajstić information content (AvgIpc) is 3.22. The number of benzene rings is 2. The minimum absolute atomic E-state index is 0.0120. The highest BCUT2D eigenvalue weighted by molar-refractivity contribution is 7.07. The fourth-order valence-electron chi connectivity index (χ4n) is 4.34. The van der Waals surface area contributed by atoms with Gasteiger partial charge in [0, 0.05) is 12.7 Å². The van der Waals surface area contributed by atoms with E-state index in [-0.39, 0.29) is 30.5 Å². The summed E-state index contributed by atoms with van der Waals surface area (Å²) in [6, 6.07) is 12.0. The van der Waals surface area contributed by atoms with Crippen molar-refractivity contribution in [1.82, 2.24) is 4.57 Å². The second kappa shape index (κ2) is 12.3. The number of nitrogens with zero attached hydrogens (tertiary/aromatic N) is 2. The zero-order valence-corrected chi connectivity index (χ0v) is 23.7. The van der Waals surface area contributed by atoms with Crippen LogP contribution < -0.4 is 29.1 Å². The van der Waals surface area contributed by atoms with Crippen LogP contribution in [0, 0.1) is 0 Å². The molecule has 206 valence electrons. The van der Waals surface area contributed by atoms with Crippen LogP contribution in [0.2, 0.25) is 0 Å². The van der Waals surface area contributed by atoms with Crippen molar-refractivity contribution < 1.29 is 28.5 Å². The van der Waals surface area contributed by atoms with E-state index in [4.69, 9.17) is 23.7 Å². The fraction of sp³-hybridized carbons (Fsp3) is 0.345. The molecule has 2 heterocycles. The number of carbonyl (C=O) groups is 1. The lowest BCUT2D eigenvalue weighted by Crippen LogP contribution is -2.40. The van der Waals surface area contributed by atoms with E-state index in [0.717, 1.165) is 5.56 Å². The van der Waals surface area contributed by atoms with Crippen molar-refractivity contribution in [3.05, 3.63) is 84.5 Å².